The number of rotatable bonds is 2. The molecule has 0 bridgehead atoms. The molecule has 3 aromatic rings. The normalized spacial score (nSPS) is 10.9. The van der Waals surface area contributed by atoms with E-state index in [4.69, 9.17) is 0 Å². The van der Waals surface area contributed by atoms with Gasteiger partial charge in [0.15, 0.2) is 0 Å². The van der Waals surface area contributed by atoms with Crippen molar-refractivity contribution in [1.82, 2.24) is 9.38 Å². The Bertz CT molecular complexity index is 644. The van der Waals surface area contributed by atoms with E-state index in [1.165, 1.54) is 0 Å². The number of pyridine rings is 1. The van der Waals surface area contributed by atoms with Crippen LogP contribution in [-0.2, 0) is 6.61 Å². The van der Waals surface area contributed by atoms with Gasteiger partial charge in [0.1, 0.15) is 5.65 Å². The molecule has 0 amide bonds. The molecule has 3 heteroatoms. The Hall–Kier alpha value is -2.13. The van der Waals surface area contributed by atoms with Crippen LogP contribution in [0.4, 0.5) is 0 Å². The van der Waals surface area contributed by atoms with Crippen molar-refractivity contribution in [2.24, 2.45) is 0 Å². The first-order chi connectivity index (χ1) is 8.38. The third-order valence-electron chi connectivity index (χ3n) is 2.80. The van der Waals surface area contributed by atoms with Crippen LogP contribution in [-0.4, -0.2) is 14.5 Å². The van der Waals surface area contributed by atoms with Crippen molar-refractivity contribution in [3.05, 3.63) is 60.4 Å². The van der Waals surface area contributed by atoms with Gasteiger partial charge in [0, 0.05) is 23.5 Å². The van der Waals surface area contributed by atoms with Gasteiger partial charge in [-0.2, -0.15) is 0 Å². The lowest BCUT2D eigenvalue weighted by atomic mass is 10.2. The Balaban J connectivity index is 2.20. The molecule has 3 rings (SSSR count). The number of benzene rings is 1. The molecule has 2 aromatic heterocycles. The summed E-state index contributed by atoms with van der Waals surface area (Å²) in [6.45, 7) is 0.00951. The summed E-state index contributed by atoms with van der Waals surface area (Å²) >= 11 is 0. The zero-order chi connectivity index (χ0) is 11.7. The molecular weight excluding hydrogens is 212 g/mol. The van der Waals surface area contributed by atoms with E-state index in [-0.39, 0.29) is 6.61 Å². The van der Waals surface area contributed by atoms with Crippen LogP contribution in [0.15, 0.2) is 54.9 Å². The van der Waals surface area contributed by atoms with E-state index in [2.05, 4.69) is 4.98 Å². The van der Waals surface area contributed by atoms with Crippen LogP contribution in [0, 0.1) is 0 Å². The lowest BCUT2D eigenvalue weighted by molar-refractivity contribution is 0.282. The van der Waals surface area contributed by atoms with Crippen LogP contribution in [0.5, 0.6) is 0 Å². The molecule has 0 aliphatic carbocycles. The maximum absolute atomic E-state index is 9.26. The van der Waals surface area contributed by atoms with Gasteiger partial charge in [0.2, 0.25) is 0 Å². The third kappa shape index (κ3) is 1.70. The molecule has 1 aromatic carbocycles. The second-order valence-electron chi connectivity index (χ2n) is 3.91. The molecule has 0 spiro atoms. The summed E-state index contributed by atoms with van der Waals surface area (Å²) < 4.78 is 1.94. The SMILES string of the molecule is OCc1cccn2cc(-c3ccccc3)nc12. The molecule has 0 atom stereocenters. The number of imidazole rings is 1. The van der Waals surface area contributed by atoms with Gasteiger partial charge in [-0.1, -0.05) is 36.4 Å². The molecule has 0 aliphatic heterocycles. The van der Waals surface area contributed by atoms with E-state index >= 15 is 0 Å². The molecule has 3 nitrogen and oxygen atoms in total. The van der Waals surface area contributed by atoms with Crippen molar-refractivity contribution in [2.45, 2.75) is 6.61 Å². The highest BCUT2D eigenvalue weighted by molar-refractivity contribution is 5.64. The van der Waals surface area contributed by atoms with Crippen LogP contribution in [0.1, 0.15) is 5.56 Å². The van der Waals surface area contributed by atoms with Crippen LogP contribution in [0.3, 0.4) is 0 Å². The van der Waals surface area contributed by atoms with Crippen molar-refractivity contribution in [2.75, 3.05) is 0 Å². The van der Waals surface area contributed by atoms with Gasteiger partial charge >= 0.3 is 0 Å². The summed E-state index contributed by atoms with van der Waals surface area (Å²) in [5.74, 6) is 0. The number of aromatic nitrogens is 2. The molecule has 0 saturated carbocycles. The van der Waals surface area contributed by atoms with Crippen molar-refractivity contribution < 1.29 is 5.11 Å². The highest BCUT2D eigenvalue weighted by atomic mass is 16.3. The van der Waals surface area contributed by atoms with Crippen LogP contribution >= 0.6 is 0 Å². The van der Waals surface area contributed by atoms with E-state index < -0.39 is 0 Å². The lowest BCUT2D eigenvalue weighted by Crippen LogP contribution is -1.90. The van der Waals surface area contributed by atoms with Crippen molar-refractivity contribution >= 4 is 5.65 Å². The standard InChI is InChI=1S/C14H12N2O/c17-10-12-7-4-8-16-9-13(15-14(12)16)11-5-2-1-3-6-11/h1-9,17H,10H2. The van der Waals surface area contributed by atoms with Gasteiger partial charge < -0.3 is 9.51 Å². The minimum atomic E-state index is 0.00951. The number of aliphatic hydroxyl groups is 1. The molecule has 2 heterocycles. The fourth-order valence-corrected chi connectivity index (χ4v) is 1.94. The Labute approximate surface area is 99.0 Å². The number of aliphatic hydroxyl groups excluding tert-OH is 1. The summed E-state index contributed by atoms with van der Waals surface area (Å²) in [7, 11) is 0. The first-order valence-corrected chi connectivity index (χ1v) is 5.51. The zero-order valence-corrected chi connectivity index (χ0v) is 9.24. The molecular formula is C14H12N2O. The van der Waals surface area contributed by atoms with E-state index in [1.807, 2.05) is 59.3 Å². The molecule has 1 N–H and O–H groups in total. The highest BCUT2D eigenvalue weighted by Crippen LogP contribution is 2.20. The van der Waals surface area contributed by atoms with Crippen molar-refractivity contribution in [3.8, 4) is 11.3 Å². The Morgan fingerprint density at radius 1 is 1.06 bits per heavy atom. The monoisotopic (exact) mass is 224 g/mol. The number of hydrogen-bond donors (Lipinski definition) is 1. The smallest absolute Gasteiger partial charge is 0.142 e. The van der Waals surface area contributed by atoms with Gasteiger partial charge in [-0.15, -0.1) is 0 Å². The maximum atomic E-state index is 9.26. The van der Waals surface area contributed by atoms with Gasteiger partial charge in [0.25, 0.3) is 0 Å². The van der Waals surface area contributed by atoms with Crippen LogP contribution in [0.2, 0.25) is 0 Å². The predicted molar refractivity (Wildman–Crippen MR) is 66.6 cm³/mol. The Morgan fingerprint density at radius 2 is 1.88 bits per heavy atom. The van der Waals surface area contributed by atoms with Crippen molar-refractivity contribution in [3.63, 3.8) is 0 Å². The molecule has 0 radical (unpaired) electrons. The first kappa shape index (κ1) is 10.1. The zero-order valence-electron chi connectivity index (χ0n) is 9.24. The fourth-order valence-electron chi connectivity index (χ4n) is 1.94. The average molecular weight is 224 g/mol. The molecule has 84 valence electrons. The predicted octanol–water partition coefficient (Wildman–Crippen LogP) is 2.49. The molecule has 17 heavy (non-hydrogen) atoms. The first-order valence-electron chi connectivity index (χ1n) is 5.51. The summed E-state index contributed by atoms with van der Waals surface area (Å²) in [4.78, 5) is 4.56. The fraction of sp³-hybridized carbons (Fsp3) is 0.0714. The topological polar surface area (TPSA) is 37.5 Å². The highest BCUT2D eigenvalue weighted by Gasteiger charge is 2.06. The van der Waals surface area contributed by atoms with Gasteiger partial charge in [-0.05, 0) is 6.07 Å². The maximum Gasteiger partial charge on any atom is 0.142 e. The van der Waals surface area contributed by atoms with Crippen molar-refractivity contribution in [1.29, 1.82) is 0 Å². The molecule has 0 saturated heterocycles. The van der Waals surface area contributed by atoms with E-state index in [0.29, 0.717) is 0 Å². The van der Waals surface area contributed by atoms with Gasteiger partial charge in [0.05, 0.1) is 12.3 Å². The second-order valence-corrected chi connectivity index (χ2v) is 3.91. The number of fused-ring (bicyclic) bond motifs is 1. The third-order valence-corrected chi connectivity index (χ3v) is 2.80. The van der Waals surface area contributed by atoms with E-state index in [9.17, 15) is 5.11 Å². The number of nitrogens with zero attached hydrogens (tertiary/aromatic N) is 2. The summed E-state index contributed by atoms with van der Waals surface area (Å²) in [6, 6.07) is 13.8. The molecule has 0 aliphatic rings. The summed E-state index contributed by atoms with van der Waals surface area (Å²) in [5.41, 5.74) is 3.66. The Morgan fingerprint density at radius 3 is 2.65 bits per heavy atom. The van der Waals surface area contributed by atoms with E-state index in [0.717, 1.165) is 22.5 Å². The summed E-state index contributed by atoms with van der Waals surface area (Å²) in [5, 5.41) is 9.26. The minimum absolute atomic E-state index is 0.00951. The quantitative estimate of drug-likeness (QED) is 0.726. The lowest BCUT2D eigenvalue weighted by Gasteiger charge is -1.97. The largest absolute Gasteiger partial charge is 0.392 e. The minimum Gasteiger partial charge on any atom is -0.392 e. The van der Waals surface area contributed by atoms with Crippen LogP contribution < -0.4 is 0 Å². The van der Waals surface area contributed by atoms with Gasteiger partial charge in [-0.3, -0.25) is 0 Å². The summed E-state index contributed by atoms with van der Waals surface area (Å²) in [6.07, 6.45) is 3.91. The van der Waals surface area contributed by atoms with E-state index in [1.54, 1.807) is 0 Å². The molecule has 0 fully saturated rings. The average Bonchev–Trinajstić information content (AvgIpc) is 2.83. The molecule has 0 unspecified atom stereocenters. The second kappa shape index (κ2) is 4.03. The van der Waals surface area contributed by atoms with Crippen LogP contribution in [0.25, 0.3) is 16.9 Å². The van der Waals surface area contributed by atoms with Gasteiger partial charge in [-0.25, -0.2) is 4.98 Å². The number of hydrogen-bond acceptors (Lipinski definition) is 2. The Kier molecular flexibility index (Phi) is 2.38.